The highest BCUT2D eigenvalue weighted by atomic mass is 16.5. The fourth-order valence-corrected chi connectivity index (χ4v) is 2.16. The van der Waals surface area contributed by atoms with E-state index in [4.69, 9.17) is 9.47 Å². The first-order valence-corrected chi connectivity index (χ1v) is 6.49. The van der Waals surface area contributed by atoms with Crippen molar-refractivity contribution in [2.24, 2.45) is 5.92 Å². The van der Waals surface area contributed by atoms with Gasteiger partial charge < -0.3 is 9.47 Å². The molecule has 0 amide bonds. The molecule has 1 aliphatic rings. The Morgan fingerprint density at radius 2 is 1.56 bits per heavy atom. The topological polar surface area (TPSA) is 18.5 Å². The van der Waals surface area contributed by atoms with E-state index in [-0.39, 0.29) is 11.2 Å². The SMILES string of the molecule is CC(C)(C)OC[C@H]1CCC[C@@H]1OC(C)(C)C. The molecular formula is C14H28O2. The van der Waals surface area contributed by atoms with Crippen molar-refractivity contribution in [2.75, 3.05) is 6.61 Å². The molecule has 1 saturated carbocycles. The van der Waals surface area contributed by atoms with Gasteiger partial charge in [-0.25, -0.2) is 0 Å². The Morgan fingerprint density at radius 1 is 0.938 bits per heavy atom. The summed E-state index contributed by atoms with van der Waals surface area (Å²) < 4.78 is 12.0. The van der Waals surface area contributed by atoms with Crippen LogP contribution in [0.2, 0.25) is 0 Å². The molecule has 0 aliphatic heterocycles. The van der Waals surface area contributed by atoms with Crippen molar-refractivity contribution < 1.29 is 9.47 Å². The van der Waals surface area contributed by atoms with Crippen molar-refractivity contribution in [1.82, 2.24) is 0 Å². The standard InChI is InChI=1S/C14H28O2/c1-13(2,3)15-10-11-8-7-9-12(11)16-14(4,5)6/h11-12H,7-10H2,1-6H3/t11-,12+/m1/s1. The second-order valence-electron chi connectivity index (χ2n) is 6.88. The molecule has 1 fully saturated rings. The molecule has 16 heavy (non-hydrogen) atoms. The van der Waals surface area contributed by atoms with Gasteiger partial charge in [-0.1, -0.05) is 6.42 Å². The van der Waals surface area contributed by atoms with E-state index in [1.807, 2.05) is 0 Å². The maximum atomic E-state index is 6.10. The van der Waals surface area contributed by atoms with Gasteiger partial charge in [0.15, 0.2) is 0 Å². The second-order valence-corrected chi connectivity index (χ2v) is 6.88. The van der Waals surface area contributed by atoms with Gasteiger partial charge in [0.25, 0.3) is 0 Å². The summed E-state index contributed by atoms with van der Waals surface area (Å²) in [6, 6.07) is 0. The third kappa shape index (κ3) is 5.31. The summed E-state index contributed by atoms with van der Waals surface area (Å²) in [7, 11) is 0. The molecule has 2 atom stereocenters. The fourth-order valence-electron chi connectivity index (χ4n) is 2.16. The van der Waals surface area contributed by atoms with Crippen molar-refractivity contribution in [2.45, 2.75) is 78.1 Å². The van der Waals surface area contributed by atoms with Crippen LogP contribution in [-0.2, 0) is 9.47 Å². The lowest BCUT2D eigenvalue weighted by Gasteiger charge is -2.30. The van der Waals surface area contributed by atoms with Crippen LogP contribution in [0.4, 0.5) is 0 Å². The minimum atomic E-state index is -0.0329. The maximum Gasteiger partial charge on any atom is 0.0632 e. The minimum Gasteiger partial charge on any atom is -0.375 e. The molecule has 2 nitrogen and oxygen atoms in total. The summed E-state index contributed by atoms with van der Waals surface area (Å²) in [5, 5.41) is 0. The van der Waals surface area contributed by atoms with Crippen LogP contribution in [0, 0.1) is 5.92 Å². The van der Waals surface area contributed by atoms with Crippen LogP contribution in [0.15, 0.2) is 0 Å². The lowest BCUT2D eigenvalue weighted by atomic mass is 10.1. The minimum absolute atomic E-state index is 0.0327. The molecule has 0 spiro atoms. The smallest absolute Gasteiger partial charge is 0.0632 e. The molecule has 1 aliphatic carbocycles. The molecule has 0 bridgehead atoms. The van der Waals surface area contributed by atoms with Gasteiger partial charge >= 0.3 is 0 Å². The summed E-state index contributed by atoms with van der Waals surface area (Å²) in [5.74, 6) is 0.582. The quantitative estimate of drug-likeness (QED) is 0.732. The normalized spacial score (nSPS) is 27.4. The zero-order chi connectivity index (χ0) is 12.4. The summed E-state index contributed by atoms with van der Waals surface area (Å²) in [4.78, 5) is 0. The Morgan fingerprint density at radius 3 is 2.06 bits per heavy atom. The second kappa shape index (κ2) is 5.05. The van der Waals surface area contributed by atoms with E-state index in [1.54, 1.807) is 0 Å². The average molecular weight is 228 g/mol. The van der Waals surface area contributed by atoms with Crippen LogP contribution in [0.5, 0.6) is 0 Å². The highest BCUT2D eigenvalue weighted by Crippen LogP contribution is 2.32. The van der Waals surface area contributed by atoms with Crippen LogP contribution in [-0.4, -0.2) is 23.9 Å². The summed E-state index contributed by atoms with van der Waals surface area (Å²) >= 11 is 0. The first-order chi connectivity index (χ1) is 7.17. The van der Waals surface area contributed by atoms with Gasteiger partial charge in [-0.3, -0.25) is 0 Å². The number of rotatable bonds is 3. The van der Waals surface area contributed by atoms with Crippen molar-refractivity contribution in [3.05, 3.63) is 0 Å². The molecule has 0 heterocycles. The zero-order valence-corrected chi connectivity index (χ0v) is 11.8. The Labute approximate surface area is 101 Å². The first-order valence-electron chi connectivity index (χ1n) is 6.49. The van der Waals surface area contributed by atoms with Crippen LogP contribution in [0.25, 0.3) is 0 Å². The van der Waals surface area contributed by atoms with Gasteiger partial charge in [0.05, 0.1) is 23.9 Å². The van der Waals surface area contributed by atoms with E-state index in [2.05, 4.69) is 41.5 Å². The van der Waals surface area contributed by atoms with E-state index >= 15 is 0 Å². The van der Waals surface area contributed by atoms with E-state index in [9.17, 15) is 0 Å². The molecule has 2 heteroatoms. The van der Waals surface area contributed by atoms with Crippen LogP contribution < -0.4 is 0 Å². The molecule has 0 unspecified atom stereocenters. The molecular weight excluding hydrogens is 200 g/mol. The van der Waals surface area contributed by atoms with Gasteiger partial charge in [0.2, 0.25) is 0 Å². The number of hydrogen-bond acceptors (Lipinski definition) is 2. The van der Waals surface area contributed by atoms with E-state index in [1.165, 1.54) is 19.3 Å². The third-order valence-corrected chi connectivity index (χ3v) is 2.82. The molecule has 0 N–H and O–H groups in total. The number of ether oxygens (including phenoxy) is 2. The van der Waals surface area contributed by atoms with Gasteiger partial charge in [0.1, 0.15) is 0 Å². The van der Waals surface area contributed by atoms with Crippen LogP contribution in [0.3, 0.4) is 0 Å². The van der Waals surface area contributed by atoms with Crippen molar-refractivity contribution in [3.8, 4) is 0 Å². The molecule has 0 aromatic heterocycles. The van der Waals surface area contributed by atoms with E-state index in [0.29, 0.717) is 12.0 Å². The first kappa shape index (κ1) is 14.0. The number of hydrogen-bond donors (Lipinski definition) is 0. The van der Waals surface area contributed by atoms with E-state index in [0.717, 1.165) is 6.61 Å². The van der Waals surface area contributed by atoms with E-state index < -0.39 is 0 Å². The Hall–Kier alpha value is -0.0800. The Kier molecular flexibility index (Phi) is 4.42. The van der Waals surface area contributed by atoms with Gasteiger partial charge in [-0.05, 0) is 54.4 Å². The predicted molar refractivity (Wildman–Crippen MR) is 67.7 cm³/mol. The van der Waals surface area contributed by atoms with Crippen molar-refractivity contribution >= 4 is 0 Å². The molecule has 0 aromatic rings. The predicted octanol–water partition coefficient (Wildman–Crippen LogP) is 3.79. The summed E-state index contributed by atoms with van der Waals surface area (Å²) in [6.45, 7) is 13.6. The highest BCUT2D eigenvalue weighted by Gasteiger charge is 2.32. The Bertz CT molecular complexity index is 210. The largest absolute Gasteiger partial charge is 0.375 e. The molecule has 0 saturated heterocycles. The monoisotopic (exact) mass is 228 g/mol. The lowest BCUT2D eigenvalue weighted by Crippen LogP contribution is -2.33. The van der Waals surface area contributed by atoms with Gasteiger partial charge in [-0.2, -0.15) is 0 Å². The van der Waals surface area contributed by atoms with Gasteiger partial charge in [0, 0.05) is 5.92 Å². The fraction of sp³-hybridized carbons (Fsp3) is 1.00. The van der Waals surface area contributed by atoms with Crippen molar-refractivity contribution in [1.29, 1.82) is 0 Å². The highest BCUT2D eigenvalue weighted by molar-refractivity contribution is 4.81. The molecule has 96 valence electrons. The third-order valence-electron chi connectivity index (χ3n) is 2.82. The average Bonchev–Trinajstić information content (AvgIpc) is 2.44. The van der Waals surface area contributed by atoms with Crippen LogP contribution in [0.1, 0.15) is 60.8 Å². The molecule has 0 aromatic carbocycles. The summed E-state index contributed by atoms with van der Waals surface area (Å²) in [5.41, 5.74) is -0.0656. The Balaban J connectivity index is 2.41. The lowest BCUT2D eigenvalue weighted by molar-refractivity contribution is -0.102. The van der Waals surface area contributed by atoms with Crippen LogP contribution >= 0.6 is 0 Å². The maximum absolute atomic E-state index is 6.10. The summed E-state index contributed by atoms with van der Waals surface area (Å²) in [6.07, 6.45) is 4.10. The molecule has 1 rings (SSSR count). The zero-order valence-electron chi connectivity index (χ0n) is 11.8. The molecule has 0 radical (unpaired) electrons. The van der Waals surface area contributed by atoms with Gasteiger partial charge in [-0.15, -0.1) is 0 Å². The van der Waals surface area contributed by atoms with Crippen molar-refractivity contribution in [3.63, 3.8) is 0 Å².